The second-order valence-corrected chi connectivity index (χ2v) is 6.60. The largest absolute Gasteiger partial charge is 0.457 e. The molecule has 0 amide bonds. The zero-order valence-corrected chi connectivity index (χ0v) is 15.6. The minimum Gasteiger partial charge on any atom is -0.457 e. The van der Waals surface area contributed by atoms with Crippen LogP contribution >= 0.6 is 0 Å². The van der Waals surface area contributed by atoms with Gasteiger partial charge < -0.3 is 8.98 Å². The van der Waals surface area contributed by atoms with Gasteiger partial charge in [0.2, 0.25) is 0 Å². The number of hydrogen-bond donors (Lipinski definition) is 0. The molecule has 29 heavy (non-hydrogen) atoms. The number of non-ortho nitro benzene ring substituents is 1. The molecule has 7 heteroatoms. The van der Waals surface area contributed by atoms with E-state index in [-0.39, 0.29) is 5.69 Å². The first kappa shape index (κ1) is 18.2. The Balaban J connectivity index is 1.63. The lowest BCUT2D eigenvalue weighted by atomic mass is 10.1. The molecule has 0 aliphatic carbocycles. The number of benzene rings is 2. The van der Waals surface area contributed by atoms with Gasteiger partial charge in [0, 0.05) is 17.7 Å². The van der Waals surface area contributed by atoms with Crippen LogP contribution in [-0.4, -0.2) is 14.5 Å². The van der Waals surface area contributed by atoms with Crippen LogP contribution in [0.1, 0.15) is 11.3 Å². The van der Waals surface area contributed by atoms with E-state index in [1.54, 1.807) is 30.6 Å². The average molecular weight is 384 g/mol. The van der Waals surface area contributed by atoms with Crippen LogP contribution in [0.3, 0.4) is 0 Å². The van der Waals surface area contributed by atoms with Crippen molar-refractivity contribution in [1.29, 1.82) is 5.26 Å². The number of aryl methyl sites for hydroxylation is 1. The minimum atomic E-state index is -0.435. The highest BCUT2D eigenvalue weighted by molar-refractivity contribution is 5.75. The van der Waals surface area contributed by atoms with Gasteiger partial charge in [-0.1, -0.05) is 18.2 Å². The van der Waals surface area contributed by atoms with Gasteiger partial charge >= 0.3 is 0 Å². The Morgan fingerprint density at radius 2 is 2.10 bits per heavy atom. The van der Waals surface area contributed by atoms with Gasteiger partial charge in [-0.05, 0) is 42.8 Å². The van der Waals surface area contributed by atoms with Crippen LogP contribution in [0.25, 0.3) is 28.4 Å². The summed E-state index contributed by atoms with van der Waals surface area (Å²) in [5, 5.41) is 20.6. The molecule has 2 heterocycles. The van der Waals surface area contributed by atoms with Gasteiger partial charge in [-0.25, -0.2) is 4.98 Å². The number of para-hydroxylation sites is 2. The van der Waals surface area contributed by atoms with Gasteiger partial charge in [0.05, 0.1) is 40.5 Å². The van der Waals surface area contributed by atoms with Crippen molar-refractivity contribution in [1.82, 2.24) is 9.55 Å². The summed E-state index contributed by atoms with van der Waals surface area (Å²) in [6.45, 7) is 2.23. The molecule has 0 spiro atoms. The van der Waals surface area contributed by atoms with Crippen LogP contribution in [0.2, 0.25) is 0 Å². The molecule has 0 unspecified atom stereocenters. The molecule has 0 aliphatic rings. The molecule has 0 radical (unpaired) electrons. The number of rotatable bonds is 5. The molecule has 0 atom stereocenters. The normalized spacial score (nSPS) is 11.5. The van der Waals surface area contributed by atoms with Crippen molar-refractivity contribution in [3.8, 4) is 17.4 Å². The van der Waals surface area contributed by atoms with E-state index in [9.17, 15) is 15.4 Å². The second-order valence-electron chi connectivity index (χ2n) is 6.60. The molecule has 4 aromatic rings. The van der Waals surface area contributed by atoms with Crippen molar-refractivity contribution < 1.29 is 9.34 Å². The summed E-state index contributed by atoms with van der Waals surface area (Å²) in [7, 11) is 0. The van der Waals surface area contributed by atoms with E-state index in [0.29, 0.717) is 29.2 Å². The number of furan rings is 1. The van der Waals surface area contributed by atoms with Crippen LogP contribution in [0.15, 0.2) is 70.9 Å². The van der Waals surface area contributed by atoms with Crippen LogP contribution in [0.5, 0.6) is 0 Å². The lowest BCUT2D eigenvalue weighted by molar-refractivity contribution is -0.384. The number of nitro groups is 1. The van der Waals surface area contributed by atoms with Crippen LogP contribution in [-0.2, 0) is 6.54 Å². The van der Waals surface area contributed by atoms with Crippen molar-refractivity contribution in [3.05, 3.63) is 87.9 Å². The standard InChI is InChI=1S/C22H16N4O3/c1-15-6-7-17(26(27)28)11-19(15)22-9-8-18(29-22)10-16(12-23)13-25-14-24-20-4-2-3-5-21(20)25/h2-11,14H,13H2,1H3/b16-10-. The molecular formula is C22H16N4O3. The van der Waals surface area contributed by atoms with Gasteiger partial charge in [-0.3, -0.25) is 10.1 Å². The van der Waals surface area contributed by atoms with E-state index >= 15 is 0 Å². The van der Waals surface area contributed by atoms with Crippen molar-refractivity contribution in [2.75, 3.05) is 0 Å². The van der Waals surface area contributed by atoms with Gasteiger partial charge in [-0.2, -0.15) is 5.26 Å². The molecule has 7 nitrogen and oxygen atoms in total. The fraction of sp³-hybridized carbons (Fsp3) is 0.0909. The Morgan fingerprint density at radius 1 is 1.28 bits per heavy atom. The third-order valence-electron chi connectivity index (χ3n) is 4.65. The molecule has 0 aliphatic heterocycles. The Bertz CT molecular complexity index is 1290. The summed E-state index contributed by atoms with van der Waals surface area (Å²) in [5.74, 6) is 1.02. The summed E-state index contributed by atoms with van der Waals surface area (Å²) >= 11 is 0. The van der Waals surface area contributed by atoms with Crippen molar-refractivity contribution in [2.45, 2.75) is 13.5 Å². The van der Waals surface area contributed by atoms with Crippen LogP contribution in [0, 0.1) is 28.4 Å². The molecular weight excluding hydrogens is 368 g/mol. The number of nitriles is 1. The third-order valence-corrected chi connectivity index (χ3v) is 4.65. The molecule has 0 saturated carbocycles. The van der Waals surface area contributed by atoms with Gasteiger partial charge in [-0.15, -0.1) is 0 Å². The Morgan fingerprint density at radius 3 is 2.90 bits per heavy atom. The SMILES string of the molecule is Cc1ccc([N+](=O)[O-])cc1-c1ccc(/C=C(/C#N)Cn2cnc3ccccc32)o1. The predicted molar refractivity (Wildman–Crippen MR) is 109 cm³/mol. The summed E-state index contributed by atoms with van der Waals surface area (Å²) < 4.78 is 7.75. The molecule has 0 bridgehead atoms. The highest BCUT2D eigenvalue weighted by Gasteiger charge is 2.13. The lowest BCUT2D eigenvalue weighted by Crippen LogP contribution is -1.98. The number of fused-ring (bicyclic) bond motifs is 1. The van der Waals surface area contributed by atoms with E-state index in [0.717, 1.165) is 16.6 Å². The summed E-state index contributed by atoms with van der Waals surface area (Å²) in [6, 6.07) is 18.1. The predicted octanol–water partition coefficient (Wildman–Crippen LogP) is 5.12. The maximum atomic E-state index is 11.1. The van der Waals surface area contributed by atoms with Gasteiger partial charge in [0.15, 0.2) is 0 Å². The maximum Gasteiger partial charge on any atom is 0.270 e. The number of imidazole rings is 1. The van der Waals surface area contributed by atoms with Crippen molar-refractivity contribution in [3.63, 3.8) is 0 Å². The summed E-state index contributed by atoms with van der Waals surface area (Å²) in [4.78, 5) is 15.0. The third kappa shape index (κ3) is 3.64. The summed E-state index contributed by atoms with van der Waals surface area (Å²) in [5.41, 5.74) is 3.84. The first-order chi connectivity index (χ1) is 14.0. The average Bonchev–Trinajstić information content (AvgIpc) is 3.35. The minimum absolute atomic E-state index is 0.00351. The Labute approximate surface area is 166 Å². The number of aromatic nitrogens is 2. The first-order valence-electron chi connectivity index (χ1n) is 8.91. The van der Waals surface area contributed by atoms with Crippen LogP contribution in [0.4, 0.5) is 5.69 Å². The Kier molecular flexibility index (Phi) is 4.67. The fourth-order valence-electron chi connectivity index (χ4n) is 3.17. The van der Waals surface area contributed by atoms with E-state index < -0.39 is 4.92 Å². The zero-order valence-electron chi connectivity index (χ0n) is 15.6. The quantitative estimate of drug-likeness (QED) is 0.270. The highest BCUT2D eigenvalue weighted by atomic mass is 16.6. The fourth-order valence-corrected chi connectivity index (χ4v) is 3.17. The molecule has 0 fully saturated rings. The molecule has 142 valence electrons. The molecule has 0 N–H and O–H groups in total. The van der Waals surface area contributed by atoms with E-state index in [1.807, 2.05) is 35.8 Å². The second kappa shape index (κ2) is 7.44. The van der Waals surface area contributed by atoms with Gasteiger partial charge in [0.1, 0.15) is 11.5 Å². The molecule has 2 aromatic heterocycles. The van der Waals surface area contributed by atoms with Gasteiger partial charge in [0.25, 0.3) is 5.69 Å². The monoisotopic (exact) mass is 384 g/mol. The highest BCUT2D eigenvalue weighted by Crippen LogP contribution is 2.30. The van der Waals surface area contributed by atoms with E-state index in [2.05, 4.69) is 11.1 Å². The summed E-state index contributed by atoms with van der Waals surface area (Å²) in [6.07, 6.45) is 3.38. The Hall–Kier alpha value is -4.18. The number of hydrogen-bond acceptors (Lipinski definition) is 5. The smallest absolute Gasteiger partial charge is 0.270 e. The first-order valence-corrected chi connectivity index (χ1v) is 8.91. The zero-order chi connectivity index (χ0) is 20.4. The molecule has 4 rings (SSSR count). The van der Waals surface area contributed by atoms with Crippen molar-refractivity contribution >= 4 is 22.8 Å². The van der Waals surface area contributed by atoms with E-state index in [4.69, 9.17) is 4.42 Å². The molecule has 0 saturated heterocycles. The molecule has 2 aromatic carbocycles. The van der Waals surface area contributed by atoms with Crippen molar-refractivity contribution in [2.24, 2.45) is 0 Å². The van der Waals surface area contributed by atoms with Crippen LogP contribution < -0.4 is 0 Å². The topological polar surface area (TPSA) is 97.9 Å². The maximum absolute atomic E-state index is 11.1. The van der Waals surface area contributed by atoms with E-state index in [1.165, 1.54) is 12.1 Å². The number of nitro benzene ring substituents is 1. The number of allylic oxidation sites excluding steroid dienone is 1. The lowest BCUT2D eigenvalue weighted by Gasteiger charge is -2.03. The number of nitrogens with zero attached hydrogens (tertiary/aromatic N) is 4.